The molecule has 1 saturated heterocycles. The molecule has 23 heavy (non-hydrogen) atoms. The molecule has 0 bridgehead atoms. The summed E-state index contributed by atoms with van der Waals surface area (Å²) in [7, 11) is 0. The van der Waals surface area contributed by atoms with E-state index in [1.807, 2.05) is 6.07 Å². The van der Waals surface area contributed by atoms with Crippen molar-refractivity contribution in [3.63, 3.8) is 0 Å². The molecule has 2 nitrogen and oxygen atoms in total. The molecular weight excluding hydrogens is 301 g/mol. The molecule has 1 aromatic rings. The molecule has 2 heterocycles. The van der Waals surface area contributed by atoms with Gasteiger partial charge in [-0.3, -0.25) is 0 Å². The van der Waals surface area contributed by atoms with Crippen LogP contribution in [0.15, 0.2) is 12.1 Å². The zero-order chi connectivity index (χ0) is 16.6. The Morgan fingerprint density at radius 2 is 1.96 bits per heavy atom. The Morgan fingerprint density at radius 1 is 1.22 bits per heavy atom. The fourth-order valence-electron chi connectivity index (χ4n) is 3.98. The maximum atomic E-state index is 13.5. The van der Waals surface area contributed by atoms with Gasteiger partial charge in [-0.05, 0) is 42.5 Å². The number of anilines is 1. The smallest absolute Gasteiger partial charge is 0.381 e. The first-order valence-electron chi connectivity index (χ1n) is 8.65. The van der Waals surface area contributed by atoms with E-state index in [0.29, 0.717) is 11.6 Å². The van der Waals surface area contributed by atoms with Gasteiger partial charge in [0, 0.05) is 18.5 Å². The van der Waals surface area contributed by atoms with Gasteiger partial charge in [0.05, 0.1) is 11.3 Å². The molecule has 128 valence electrons. The zero-order valence-corrected chi connectivity index (χ0v) is 13.8. The van der Waals surface area contributed by atoms with E-state index in [-0.39, 0.29) is 12.0 Å². The van der Waals surface area contributed by atoms with Crippen LogP contribution in [0.4, 0.5) is 18.9 Å². The first-order chi connectivity index (χ1) is 10.9. The quantitative estimate of drug-likeness (QED) is 0.848. The van der Waals surface area contributed by atoms with E-state index in [4.69, 9.17) is 0 Å². The first-order valence-corrected chi connectivity index (χ1v) is 8.65. The number of halogens is 3. The topological polar surface area (TPSA) is 24.1 Å². The number of nitrogens with one attached hydrogen (secondary N) is 2. The molecule has 1 aromatic carbocycles. The zero-order valence-electron chi connectivity index (χ0n) is 13.8. The van der Waals surface area contributed by atoms with Crippen LogP contribution in [-0.4, -0.2) is 19.1 Å². The second-order valence-electron chi connectivity index (χ2n) is 6.84. The lowest BCUT2D eigenvalue weighted by Gasteiger charge is -2.26. The number of alkyl halides is 3. The van der Waals surface area contributed by atoms with Gasteiger partial charge >= 0.3 is 6.18 Å². The minimum Gasteiger partial charge on any atom is -0.381 e. The highest BCUT2D eigenvalue weighted by atomic mass is 19.4. The molecule has 3 rings (SSSR count). The molecule has 0 aromatic heterocycles. The summed E-state index contributed by atoms with van der Waals surface area (Å²) < 4.78 is 40.6. The van der Waals surface area contributed by atoms with Crippen LogP contribution in [-0.2, 0) is 12.6 Å². The normalized spacial score (nSPS) is 23.6. The van der Waals surface area contributed by atoms with E-state index in [1.54, 1.807) is 0 Å². The Balaban J connectivity index is 2.01. The molecule has 2 unspecified atom stereocenters. The van der Waals surface area contributed by atoms with Crippen LogP contribution < -0.4 is 10.6 Å². The van der Waals surface area contributed by atoms with E-state index in [1.165, 1.54) is 6.07 Å². The monoisotopic (exact) mass is 326 g/mol. The summed E-state index contributed by atoms with van der Waals surface area (Å²) >= 11 is 0. The minimum absolute atomic E-state index is 0.135. The average Bonchev–Trinajstić information content (AvgIpc) is 2.89. The van der Waals surface area contributed by atoms with E-state index in [0.717, 1.165) is 49.9 Å². The van der Waals surface area contributed by atoms with Gasteiger partial charge in [0.2, 0.25) is 0 Å². The van der Waals surface area contributed by atoms with Crippen LogP contribution in [0.1, 0.15) is 55.7 Å². The van der Waals surface area contributed by atoms with Crippen molar-refractivity contribution < 1.29 is 13.2 Å². The lowest BCUT2D eigenvalue weighted by molar-refractivity contribution is -0.137. The molecule has 1 fully saturated rings. The number of rotatable bonds is 4. The molecule has 5 heteroatoms. The fraction of sp³-hybridized carbons (Fsp3) is 0.667. The van der Waals surface area contributed by atoms with Gasteiger partial charge in [0.1, 0.15) is 0 Å². The predicted octanol–water partition coefficient (Wildman–Crippen LogP) is 4.56. The molecule has 0 spiro atoms. The van der Waals surface area contributed by atoms with Crippen LogP contribution in [0.2, 0.25) is 0 Å². The van der Waals surface area contributed by atoms with Crippen LogP contribution in [0.25, 0.3) is 0 Å². The number of benzene rings is 1. The molecule has 0 aliphatic carbocycles. The van der Waals surface area contributed by atoms with Crippen molar-refractivity contribution in [2.45, 2.75) is 57.7 Å². The van der Waals surface area contributed by atoms with E-state index < -0.39 is 11.7 Å². The SMILES string of the molecule is CCC(CC)Cc1cc2c(c(C(F)(F)F)c1)NC1CCNCC21. The van der Waals surface area contributed by atoms with E-state index in [2.05, 4.69) is 24.5 Å². The van der Waals surface area contributed by atoms with Crippen molar-refractivity contribution in [2.24, 2.45) is 5.92 Å². The van der Waals surface area contributed by atoms with Crippen molar-refractivity contribution in [2.75, 3.05) is 18.4 Å². The van der Waals surface area contributed by atoms with Crippen LogP contribution in [0.3, 0.4) is 0 Å². The Bertz CT molecular complexity index is 564. The summed E-state index contributed by atoms with van der Waals surface area (Å²) in [5, 5.41) is 6.48. The van der Waals surface area contributed by atoms with Crippen molar-refractivity contribution in [3.8, 4) is 0 Å². The summed E-state index contributed by atoms with van der Waals surface area (Å²) in [4.78, 5) is 0. The third-order valence-electron chi connectivity index (χ3n) is 5.42. The van der Waals surface area contributed by atoms with Gasteiger partial charge < -0.3 is 10.6 Å². The van der Waals surface area contributed by atoms with E-state index >= 15 is 0 Å². The highest BCUT2D eigenvalue weighted by Gasteiger charge is 2.42. The summed E-state index contributed by atoms with van der Waals surface area (Å²) in [5.41, 5.74) is 1.53. The number of piperidine rings is 1. The van der Waals surface area contributed by atoms with Crippen molar-refractivity contribution >= 4 is 5.69 Å². The van der Waals surface area contributed by atoms with Crippen LogP contribution >= 0.6 is 0 Å². The van der Waals surface area contributed by atoms with Crippen LogP contribution in [0, 0.1) is 5.92 Å². The summed E-state index contributed by atoms with van der Waals surface area (Å²) in [5.74, 6) is 0.602. The van der Waals surface area contributed by atoms with Crippen molar-refractivity contribution in [3.05, 3.63) is 28.8 Å². The highest BCUT2D eigenvalue weighted by Crippen LogP contribution is 2.46. The minimum atomic E-state index is -4.30. The van der Waals surface area contributed by atoms with Crippen molar-refractivity contribution in [1.29, 1.82) is 0 Å². The predicted molar refractivity (Wildman–Crippen MR) is 86.9 cm³/mol. The Hall–Kier alpha value is -1.23. The highest BCUT2D eigenvalue weighted by molar-refractivity contribution is 5.67. The van der Waals surface area contributed by atoms with Gasteiger partial charge in [-0.25, -0.2) is 0 Å². The number of hydrogen-bond donors (Lipinski definition) is 2. The first kappa shape index (κ1) is 16.6. The molecule has 2 aliphatic heterocycles. The third-order valence-corrected chi connectivity index (χ3v) is 5.42. The molecule has 0 saturated carbocycles. The Labute approximate surface area is 135 Å². The van der Waals surface area contributed by atoms with Gasteiger partial charge in [0.25, 0.3) is 0 Å². The maximum Gasteiger partial charge on any atom is 0.418 e. The average molecular weight is 326 g/mol. The second kappa shape index (κ2) is 6.34. The molecule has 0 amide bonds. The van der Waals surface area contributed by atoms with Gasteiger partial charge in [-0.1, -0.05) is 32.8 Å². The van der Waals surface area contributed by atoms with Gasteiger partial charge in [-0.2, -0.15) is 13.2 Å². The number of hydrogen-bond acceptors (Lipinski definition) is 2. The Kier molecular flexibility index (Phi) is 4.59. The largest absolute Gasteiger partial charge is 0.418 e. The molecular formula is C18H25F3N2. The lowest BCUT2D eigenvalue weighted by atomic mass is 9.86. The third kappa shape index (κ3) is 3.21. The molecule has 2 N–H and O–H groups in total. The molecule has 2 aliphatic rings. The molecule has 2 atom stereocenters. The standard InChI is InChI=1S/C18H25F3N2/c1-3-11(4-2)7-12-8-13-14-10-22-6-5-16(14)23-17(13)15(9-12)18(19,20)21/h8-9,11,14,16,22-23H,3-7,10H2,1-2H3. The maximum absolute atomic E-state index is 13.5. The van der Waals surface area contributed by atoms with E-state index in [9.17, 15) is 13.2 Å². The number of fused-ring (bicyclic) bond motifs is 3. The summed E-state index contributed by atoms with van der Waals surface area (Å²) in [6.07, 6.45) is -0.698. The Morgan fingerprint density at radius 3 is 2.61 bits per heavy atom. The van der Waals surface area contributed by atoms with Gasteiger partial charge in [-0.15, -0.1) is 0 Å². The second-order valence-corrected chi connectivity index (χ2v) is 6.84. The lowest BCUT2D eigenvalue weighted by Crippen LogP contribution is -2.38. The summed E-state index contributed by atoms with van der Waals surface area (Å²) in [6.45, 7) is 5.84. The fourth-order valence-corrected chi connectivity index (χ4v) is 3.98. The van der Waals surface area contributed by atoms with Crippen LogP contribution in [0.5, 0.6) is 0 Å². The molecule has 0 radical (unpaired) electrons. The van der Waals surface area contributed by atoms with Crippen molar-refractivity contribution in [1.82, 2.24) is 5.32 Å². The van der Waals surface area contributed by atoms with Gasteiger partial charge in [0.15, 0.2) is 0 Å². The summed E-state index contributed by atoms with van der Waals surface area (Å²) in [6, 6.07) is 3.53.